The summed E-state index contributed by atoms with van der Waals surface area (Å²) in [6.07, 6.45) is 5.44. The Labute approximate surface area is 216 Å². The molecule has 1 saturated heterocycles. The number of thiazole rings is 1. The maximum atomic E-state index is 14.3. The molecule has 1 aliphatic heterocycles. The van der Waals surface area contributed by atoms with Gasteiger partial charge in [0.25, 0.3) is 5.91 Å². The molecule has 0 bridgehead atoms. The molecule has 3 atom stereocenters. The van der Waals surface area contributed by atoms with Gasteiger partial charge in [0, 0.05) is 35.5 Å². The van der Waals surface area contributed by atoms with E-state index in [1.807, 2.05) is 44.4 Å². The van der Waals surface area contributed by atoms with Crippen LogP contribution in [0.1, 0.15) is 92.3 Å². The minimum absolute atomic E-state index is 0.0538. The van der Waals surface area contributed by atoms with Gasteiger partial charge in [-0.25, -0.2) is 9.78 Å². The van der Waals surface area contributed by atoms with E-state index in [0.717, 1.165) is 11.1 Å². The molecule has 7 nitrogen and oxygen atoms in total. The zero-order valence-corrected chi connectivity index (χ0v) is 22.5. The van der Waals surface area contributed by atoms with Gasteiger partial charge in [-0.15, -0.1) is 11.3 Å². The van der Waals surface area contributed by atoms with E-state index in [1.165, 1.54) is 11.3 Å². The van der Waals surface area contributed by atoms with Crippen molar-refractivity contribution in [3.05, 3.63) is 75.8 Å². The van der Waals surface area contributed by atoms with Gasteiger partial charge in [-0.2, -0.15) is 0 Å². The number of carbonyl (C=O) groups excluding carboxylic acids is 1. The maximum absolute atomic E-state index is 14.3. The molecule has 2 aromatic heterocycles. The quantitative estimate of drug-likeness (QED) is 0.455. The smallest absolute Gasteiger partial charge is 0.329 e. The first-order valence-electron chi connectivity index (χ1n) is 12.3. The lowest BCUT2D eigenvalue weighted by Gasteiger charge is -2.39. The average Bonchev–Trinajstić information content (AvgIpc) is 3.44. The van der Waals surface area contributed by atoms with Crippen LogP contribution in [0.3, 0.4) is 0 Å². The first-order valence-corrected chi connectivity index (χ1v) is 13.2. The van der Waals surface area contributed by atoms with Gasteiger partial charge in [-0.1, -0.05) is 40.7 Å². The van der Waals surface area contributed by atoms with Crippen molar-refractivity contribution in [2.75, 3.05) is 0 Å². The fourth-order valence-corrected chi connectivity index (χ4v) is 6.31. The van der Waals surface area contributed by atoms with Crippen LogP contribution in [-0.4, -0.2) is 42.4 Å². The molecule has 1 N–H and O–H groups in total. The van der Waals surface area contributed by atoms with E-state index in [2.05, 4.69) is 35.7 Å². The zero-order chi connectivity index (χ0) is 26.3. The van der Waals surface area contributed by atoms with Crippen molar-refractivity contribution in [2.45, 2.75) is 77.3 Å². The molecule has 0 radical (unpaired) electrons. The molecule has 0 saturated carbocycles. The third-order valence-corrected chi connectivity index (χ3v) is 7.64. The summed E-state index contributed by atoms with van der Waals surface area (Å²) in [6.45, 7) is 12.4. The zero-order valence-electron chi connectivity index (χ0n) is 21.7. The number of hydrogen-bond acceptors (Lipinski definition) is 6. The number of likely N-dealkylation sites (tertiary alicyclic amines) is 1. The lowest BCUT2D eigenvalue weighted by atomic mass is 9.82. The molecule has 1 aromatic carbocycles. The summed E-state index contributed by atoms with van der Waals surface area (Å²) < 4.78 is 0. The van der Waals surface area contributed by atoms with Gasteiger partial charge in [-0.3, -0.25) is 14.8 Å². The SMILES string of the molecule is Cc1cc(C(=O)N2[C@@H](c3cscn3)[C@@H](c3cnccn3)C[C@@]2(CC(C)C)C(=O)O)ccc1C(C)(C)C. The molecule has 1 aliphatic rings. The molecule has 8 heteroatoms. The van der Waals surface area contributed by atoms with E-state index in [0.29, 0.717) is 23.4 Å². The summed E-state index contributed by atoms with van der Waals surface area (Å²) in [7, 11) is 0. The number of amides is 1. The number of carboxylic acid groups (broad SMARTS) is 1. The Morgan fingerprint density at radius 2 is 1.94 bits per heavy atom. The van der Waals surface area contributed by atoms with Gasteiger partial charge in [-0.05, 0) is 54.4 Å². The first kappa shape index (κ1) is 25.9. The van der Waals surface area contributed by atoms with E-state index in [-0.39, 0.29) is 29.6 Å². The monoisotopic (exact) mass is 506 g/mol. The fourth-order valence-electron chi connectivity index (χ4n) is 5.73. The Morgan fingerprint density at radius 3 is 2.47 bits per heavy atom. The van der Waals surface area contributed by atoms with E-state index in [4.69, 9.17) is 0 Å². The summed E-state index contributed by atoms with van der Waals surface area (Å²) in [4.78, 5) is 42.4. The van der Waals surface area contributed by atoms with Gasteiger partial charge in [0.15, 0.2) is 0 Å². The van der Waals surface area contributed by atoms with Gasteiger partial charge in [0.2, 0.25) is 0 Å². The van der Waals surface area contributed by atoms with Gasteiger partial charge >= 0.3 is 5.97 Å². The number of aliphatic carboxylic acids is 1. The van der Waals surface area contributed by atoms with E-state index in [1.54, 1.807) is 29.0 Å². The van der Waals surface area contributed by atoms with Crippen LogP contribution in [-0.2, 0) is 10.2 Å². The molecule has 36 heavy (non-hydrogen) atoms. The lowest BCUT2D eigenvalue weighted by molar-refractivity contribution is -0.150. The first-order chi connectivity index (χ1) is 17.0. The number of benzene rings is 1. The fraction of sp³-hybridized carbons (Fsp3) is 0.464. The molecule has 3 heterocycles. The van der Waals surface area contributed by atoms with Crippen molar-refractivity contribution in [3.63, 3.8) is 0 Å². The van der Waals surface area contributed by atoms with Crippen LogP contribution in [0, 0.1) is 12.8 Å². The number of hydrogen-bond donors (Lipinski definition) is 1. The molecule has 1 amide bonds. The highest BCUT2D eigenvalue weighted by atomic mass is 32.1. The standard InChI is InChI=1S/C28H34N4O3S/c1-17(2)12-28(26(34)35)13-20(22-14-29-9-10-30-22)24(23-15-36-16-31-23)32(28)25(33)19-7-8-21(18(3)11-19)27(4,5)6/h7-11,14-17,20,24H,12-13H2,1-6H3,(H,34,35)/t20-,24-,28+/m1/s1. The lowest BCUT2D eigenvalue weighted by Crippen LogP contribution is -2.54. The van der Waals surface area contributed by atoms with Crippen molar-refractivity contribution in [3.8, 4) is 0 Å². The second-order valence-corrected chi connectivity index (χ2v) is 11.9. The number of nitrogens with zero attached hydrogens (tertiary/aromatic N) is 4. The van der Waals surface area contributed by atoms with Crippen molar-refractivity contribution < 1.29 is 14.7 Å². The predicted octanol–water partition coefficient (Wildman–Crippen LogP) is 5.78. The maximum Gasteiger partial charge on any atom is 0.329 e. The number of carboxylic acids is 1. The number of rotatable bonds is 6. The molecule has 190 valence electrons. The van der Waals surface area contributed by atoms with Crippen LogP contribution in [0.15, 0.2) is 47.7 Å². The summed E-state index contributed by atoms with van der Waals surface area (Å²) >= 11 is 1.43. The molecular formula is C28H34N4O3S. The van der Waals surface area contributed by atoms with Crippen LogP contribution < -0.4 is 0 Å². The molecule has 1 fully saturated rings. The van der Waals surface area contributed by atoms with Crippen molar-refractivity contribution >= 4 is 23.2 Å². The van der Waals surface area contributed by atoms with Crippen molar-refractivity contribution in [1.82, 2.24) is 19.9 Å². The summed E-state index contributed by atoms with van der Waals surface area (Å²) in [5, 5.41) is 12.6. The van der Waals surface area contributed by atoms with Crippen molar-refractivity contribution in [1.29, 1.82) is 0 Å². The normalized spacial score (nSPS) is 22.2. The molecule has 4 rings (SSSR count). The number of carbonyl (C=O) groups is 2. The Balaban J connectivity index is 1.91. The predicted molar refractivity (Wildman–Crippen MR) is 140 cm³/mol. The Hall–Kier alpha value is -3.13. The molecule has 0 unspecified atom stereocenters. The van der Waals surface area contributed by atoms with Crippen LogP contribution in [0.5, 0.6) is 0 Å². The number of aryl methyl sites for hydroxylation is 1. The third-order valence-electron chi connectivity index (χ3n) is 7.04. The van der Waals surface area contributed by atoms with Crippen molar-refractivity contribution in [2.24, 2.45) is 5.92 Å². The van der Waals surface area contributed by atoms with Gasteiger partial charge in [0.05, 0.1) is 22.9 Å². The molecular weight excluding hydrogens is 472 g/mol. The Kier molecular flexibility index (Phi) is 7.01. The second kappa shape index (κ2) is 9.73. The second-order valence-electron chi connectivity index (χ2n) is 11.2. The van der Waals surface area contributed by atoms with Crippen LogP contribution in [0.25, 0.3) is 0 Å². The summed E-state index contributed by atoms with van der Waals surface area (Å²) in [5.41, 5.74) is 4.24. The minimum atomic E-state index is -1.40. The molecule has 3 aromatic rings. The molecule has 0 aliphatic carbocycles. The van der Waals surface area contributed by atoms with E-state index in [9.17, 15) is 14.7 Å². The largest absolute Gasteiger partial charge is 0.479 e. The van der Waals surface area contributed by atoms with Crippen LogP contribution >= 0.6 is 11.3 Å². The Bertz CT molecular complexity index is 1240. The minimum Gasteiger partial charge on any atom is -0.479 e. The Morgan fingerprint density at radius 1 is 1.19 bits per heavy atom. The number of aromatic nitrogens is 3. The average molecular weight is 507 g/mol. The highest BCUT2D eigenvalue weighted by Crippen LogP contribution is 2.54. The highest BCUT2D eigenvalue weighted by molar-refractivity contribution is 7.07. The van der Waals surface area contributed by atoms with Gasteiger partial charge in [0.1, 0.15) is 5.54 Å². The van der Waals surface area contributed by atoms with Crippen LogP contribution in [0.4, 0.5) is 0 Å². The summed E-state index contributed by atoms with van der Waals surface area (Å²) in [6, 6.07) is 5.13. The molecule has 0 spiro atoms. The topological polar surface area (TPSA) is 96.3 Å². The van der Waals surface area contributed by atoms with E-state index >= 15 is 0 Å². The third kappa shape index (κ3) is 4.66. The van der Waals surface area contributed by atoms with Crippen LogP contribution in [0.2, 0.25) is 0 Å². The summed E-state index contributed by atoms with van der Waals surface area (Å²) in [5.74, 6) is -1.60. The van der Waals surface area contributed by atoms with E-state index < -0.39 is 17.6 Å². The highest BCUT2D eigenvalue weighted by Gasteiger charge is 2.60. The van der Waals surface area contributed by atoms with Gasteiger partial charge < -0.3 is 10.0 Å².